The van der Waals surface area contributed by atoms with Gasteiger partial charge in [-0.2, -0.15) is 0 Å². The third-order valence-corrected chi connectivity index (χ3v) is 8.18. The number of hydrogen-bond acceptors (Lipinski definition) is 9. The number of nitrogens with zero attached hydrogens (tertiary/aromatic N) is 7. The van der Waals surface area contributed by atoms with Gasteiger partial charge in [0.2, 0.25) is 11.8 Å². The zero-order valence-corrected chi connectivity index (χ0v) is 24.7. The maximum absolute atomic E-state index is 14.1. The van der Waals surface area contributed by atoms with Gasteiger partial charge in [0.15, 0.2) is 6.39 Å². The van der Waals surface area contributed by atoms with Crippen molar-refractivity contribution in [2.75, 3.05) is 33.9 Å². The molecule has 0 radical (unpaired) electrons. The van der Waals surface area contributed by atoms with Gasteiger partial charge in [-0.3, -0.25) is 9.69 Å². The van der Waals surface area contributed by atoms with Crippen LogP contribution in [-0.4, -0.2) is 79.0 Å². The Bertz CT molecular complexity index is 1950. The summed E-state index contributed by atoms with van der Waals surface area (Å²) in [5.41, 5.74) is 4.92. The lowest BCUT2D eigenvalue weighted by Gasteiger charge is -2.40. The standard InChI is InChI=1S/C32H32N8O4/c1-20-35-26-9-8-23(42-2)13-28(26)40(20)17-30(41)39-11-10-38(15-22-18-44-19-34-22)16-29(39)31-33-14-27(36-31)24-12-21-6-4-5-7-25(21)37-32(24)43-3/h4-9,12-14,18-19,29H,10-11,15-17H2,1-3H3,(H,33,36)/t29-/m0/s1. The fraction of sp³-hybridized carbons (Fsp3) is 0.281. The number of aryl methyl sites for hydroxylation is 1. The molecule has 1 fully saturated rings. The van der Waals surface area contributed by atoms with Crippen LogP contribution in [0.3, 0.4) is 0 Å². The van der Waals surface area contributed by atoms with Crippen LogP contribution < -0.4 is 9.47 Å². The highest BCUT2D eigenvalue weighted by Crippen LogP contribution is 2.33. The third-order valence-electron chi connectivity index (χ3n) is 8.18. The molecule has 1 saturated heterocycles. The van der Waals surface area contributed by atoms with Crippen LogP contribution in [0.4, 0.5) is 0 Å². The van der Waals surface area contributed by atoms with Crippen LogP contribution in [0.15, 0.2) is 71.8 Å². The summed E-state index contributed by atoms with van der Waals surface area (Å²) in [5, 5.41) is 0.993. The Kier molecular flexibility index (Phi) is 7.18. The molecule has 7 rings (SSSR count). The number of pyridine rings is 1. The number of amides is 1. The number of H-pyrrole nitrogens is 1. The minimum atomic E-state index is -0.332. The van der Waals surface area contributed by atoms with Crippen LogP contribution in [0.2, 0.25) is 0 Å². The molecule has 6 aromatic rings. The van der Waals surface area contributed by atoms with Crippen molar-refractivity contribution in [3.8, 4) is 22.9 Å². The second-order valence-electron chi connectivity index (χ2n) is 10.8. The van der Waals surface area contributed by atoms with E-state index in [-0.39, 0.29) is 18.5 Å². The van der Waals surface area contributed by atoms with Crippen molar-refractivity contribution >= 4 is 27.8 Å². The maximum atomic E-state index is 14.1. The summed E-state index contributed by atoms with van der Waals surface area (Å²) in [4.78, 5) is 40.2. The molecule has 1 amide bonds. The summed E-state index contributed by atoms with van der Waals surface area (Å²) >= 11 is 0. The number of para-hydroxylation sites is 1. The lowest BCUT2D eigenvalue weighted by Crippen LogP contribution is -2.51. The molecule has 1 atom stereocenters. The van der Waals surface area contributed by atoms with E-state index in [2.05, 4.69) is 19.9 Å². The van der Waals surface area contributed by atoms with Crippen molar-refractivity contribution in [1.82, 2.24) is 39.3 Å². The highest BCUT2D eigenvalue weighted by molar-refractivity contribution is 5.85. The summed E-state index contributed by atoms with van der Waals surface area (Å²) < 4.78 is 18.2. The summed E-state index contributed by atoms with van der Waals surface area (Å²) in [5.74, 6) is 2.64. The predicted molar refractivity (Wildman–Crippen MR) is 163 cm³/mol. The number of piperazine rings is 1. The largest absolute Gasteiger partial charge is 0.497 e. The van der Waals surface area contributed by atoms with Gasteiger partial charge in [-0.05, 0) is 31.2 Å². The first-order valence-corrected chi connectivity index (χ1v) is 14.4. The molecule has 12 heteroatoms. The zero-order valence-electron chi connectivity index (χ0n) is 24.7. The van der Waals surface area contributed by atoms with Gasteiger partial charge in [-0.1, -0.05) is 18.2 Å². The number of aromatic amines is 1. The number of carbonyl (C=O) groups is 1. The Balaban J connectivity index is 1.22. The molecular weight excluding hydrogens is 560 g/mol. The van der Waals surface area contributed by atoms with Gasteiger partial charge in [0.05, 0.1) is 53.9 Å². The first kappa shape index (κ1) is 27.6. The molecule has 0 unspecified atom stereocenters. The summed E-state index contributed by atoms with van der Waals surface area (Å²) in [7, 11) is 3.24. The van der Waals surface area contributed by atoms with Crippen molar-refractivity contribution in [2.45, 2.75) is 26.1 Å². The fourth-order valence-electron chi connectivity index (χ4n) is 5.93. The minimum absolute atomic E-state index is 0.0239. The van der Waals surface area contributed by atoms with Crippen molar-refractivity contribution in [3.05, 3.63) is 84.7 Å². The quantitative estimate of drug-likeness (QED) is 0.274. The second kappa shape index (κ2) is 11.5. The number of fused-ring (bicyclic) bond motifs is 2. The van der Waals surface area contributed by atoms with Crippen LogP contribution >= 0.6 is 0 Å². The molecule has 0 aliphatic carbocycles. The Hall–Kier alpha value is -5.23. The molecular formula is C32H32N8O4. The fourth-order valence-corrected chi connectivity index (χ4v) is 5.93. The van der Waals surface area contributed by atoms with Crippen LogP contribution in [0, 0.1) is 6.92 Å². The van der Waals surface area contributed by atoms with E-state index in [0.717, 1.165) is 44.7 Å². The van der Waals surface area contributed by atoms with Crippen LogP contribution in [-0.2, 0) is 17.9 Å². The Labute approximate surface area is 253 Å². The topological polar surface area (TPSA) is 127 Å². The Morgan fingerprint density at radius 2 is 1.93 bits per heavy atom. The first-order chi connectivity index (χ1) is 21.5. The normalized spacial score (nSPS) is 15.7. The van der Waals surface area contributed by atoms with Gasteiger partial charge in [0.1, 0.15) is 36.2 Å². The number of aromatic nitrogens is 6. The number of benzene rings is 2. The van der Waals surface area contributed by atoms with E-state index in [9.17, 15) is 4.79 Å². The molecule has 0 bridgehead atoms. The molecule has 4 aromatic heterocycles. The van der Waals surface area contributed by atoms with Gasteiger partial charge in [-0.15, -0.1) is 0 Å². The van der Waals surface area contributed by atoms with Gasteiger partial charge in [0.25, 0.3) is 0 Å². The van der Waals surface area contributed by atoms with E-state index in [1.165, 1.54) is 6.39 Å². The molecule has 1 aliphatic heterocycles. The van der Waals surface area contributed by atoms with Gasteiger partial charge in [0, 0.05) is 37.6 Å². The van der Waals surface area contributed by atoms with Crippen LogP contribution in [0.1, 0.15) is 23.4 Å². The lowest BCUT2D eigenvalue weighted by molar-refractivity contribution is -0.137. The number of ether oxygens (including phenoxy) is 2. The number of oxazole rings is 1. The van der Waals surface area contributed by atoms with E-state index in [1.807, 2.05) is 64.9 Å². The Morgan fingerprint density at radius 3 is 2.75 bits per heavy atom. The first-order valence-electron chi connectivity index (χ1n) is 14.4. The number of carbonyl (C=O) groups excluding carboxylic acids is 1. The van der Waals surface area contributed by atoms with Crippen molar-refractivity contribution < 1.29 is 18.7 Å². The van der Waals surface area contributed by atoms with Gasteiger partial charge < -0.3 is 28.3 Å². The van der Waals surface area contributed by atoms with E-state index in [0.29, 0.717) is 43.6 Å². The summed E-state index contributed by atoms with van der Waals surface area (Å²) in [6.07, 6.45) is 4.86. The molecule has 224 valence electrons. The monoisotopic (exact) mass is 592 g/mol. The number of hydrogen-bond donors (Lipinski definition) is 1. The van der Waals surface area contributed by atoms with Crippen molar-refractivity contribution in [3.63, 3.8) is 0 Å². The van der Waals surface area contributed by atoms with Gasteiger partial charge >= 0.3 is 0 Å². The number of methoxy groups -OCH3 is 2. The molecule has 44 heavy (non-hydrogen) atoms. The minimum Gasteiger partial charge on any atom is -0.497 e. The molecule has 12 nitrogen and oxygen atoms in total. The molecule has 2 aromatic carbocycles. The number of imidazole rings is 2. The Morgan fingerprint density at radius 1 is 1.05 bits per heavy atom. The highest BCUT2D eigenvalue weighted by Gasteiger charge is 2.34. The van der Waals surface area contributed by atoms with Crippen LogP contribution in [0.5, 0.6) is 11.6 Å². The zero-order chi connectivity index (χ0) is 30.2. The lowest BCUT2D eigenvalue weighted by atomic mass is 10.1. The molecule has 5 heterocycles. The van der Waals surface area contributed by atoms with Crippen molar-refractivity contribution in [1.29, 1.82) is 0 Å². The number of rotatable bonds is 8. The average Bonchev–Trinajstić information content (AvgIpc) is 3.81. The van der Waals surface area contributed by atoms with Gasteiger partial charge in [-0.25, -0.2) is 19.9 Å². The van der Waals surface area contributed by atoms with E-state index in [1.54, 1.807) is 26.7 Å². The predicted octanol–water partition coefficient (Wildman–Crippen LogP) is 4.37. The highest BCUT2D eigenvalue weighted by atomic mass is 16.5. The summed E-state index contributed by atoms with van der Waals surface area (Å²) in [6.45, 7) is 4.43. The second-order valence-corrected chi connectivity index (χ2v) is 10.8. The smallest absolute Gasteiger partial charge is 0.243 e. The third kappa shape index (κ3) is 5.13. The average molecular weight is 593 g/mol. The number of nitrogens with one attached hydrogen (secondary N) is 1. The molecule has 1 N–H and O–H groups in total. The van der Waals surface area contributed by atoms with Crippen LogP contribution in [0.25, 0.3) is 33.2 Å². The maximum Gasteiger partial charge on any atom is 0.243 e. The molecule has 0 saturated carbocycles. The molecule has 1 aliphatic rings. The van der Waals surface area contributed by atoms with E-state index < -0.39 is 0 Å². The SMILES string of the molecule is COc1ccc2nc(C)n(CC(=O)N3CCN(Cc4cocn4)C[C@H]3c3ncc(-c4cc5ccccc5nc4OC)[nH]3)c2c1. The van der Waals surface area contributed by atoms with E-state index >= 15 is 0 Å². The van der Waals surface area contributed by atoms with E-state index in [4.69, 9.17) is 23.9 Å². The van der Waals surface area contributed by atoms with Crippen molar-refractivity contribution in [2.24, 2.45) is 0 Å². The molecule has 0 spiro atoms. The summed E-state index contributed by atoms with van der Waals surface area (Å²) in [6, 6.07) is 15.3.